The minimum absolute atomic E-state index is 0.202. The molecule has 1 aromatic heterocycles. The lowest BCUT2D eigenvalue weighted by atomic mass is 10.0. The maximum absolute atomic E-state index is 6.26. The summed E-state index contributed by atoms with van der Waals surface area (Å²) < 4.78 is 1.99. The summed E-state index contributed by atoms with van der Waals surface area (Å²) in [6.07, 6.45) is 3.50. The van der Waals surface area contributed by atoms with Crippen LogP contribution in [0, 0.1) is 6.92 Å². The van der Waals surface area contributed by atoms with Gasteiger partial charge in [-0.3, -0.25) is 4.68 Å². The topological polar surface area (TPSA) is 42.7 Å². The molecule has 0 aliphatic heterocycles. The number of benzene rings is 1. The Hall–Kier alpha value is -1.39. The van der Waals surface area contributed by atoms with E-state index in [1.54, 1.807) is 6.33 Å². The van der Waals surface area contributed by atoms with Gasteiger partial charge >= 0.3 is 0 Å². The highest BCUT2D eigenvalue weighted by atomic mass is 35.5. The average Bonchev–Trinajstić information content (AvgIpc) is 2.89. The zero-order chi connectivity index (χ0) is 15.2. The largest absolute Gasteiger partial charge is 0.310 e. The minimum Gasteiger partial charge on any atom is -0.310 e. The van der Waals surface area contributed by atoms with Crippen LogP contribution in [0.1, 0.15) is 43.3 Å². The molecule has 1 unspecified atom stereocenters. The highest BCUT2D eigenvalue weighted by molar-refractivity contribution is 6.31. The van der Waals surface area contributed by atoms with Crippen LogP contribution in [0.3, 0.4) is 0 Å². The van der Waals surface area contributed by atoms with Crippen LogP contribution in [0.2, 0.25) is 5.02 Å². The van der Waals surface area contributed by atoms with Crippen molar-refractivity contribution in [2.24, 2.45) is 0 Å². The first-order valence-electron chi connectivity index (χ1n) is 7.51. The van der Waals surface area contributed by atoms with Gasteiger partial charge in [0.05, 0.1) is 0 Å². The monoisotopic (exact) mass is 306 g/mol. The minimum atomic E-state index is 0.202. The number of hydrogen-bond acceptors (Lipinski definition) is 3. The lowest BCUT2D eigenvalue weighted by Gasteiger charge is -2.19. The zero-order valence-electron chi connectivity index (χ0n) is 12.9. The number of aromatic nitrogens is 3. The van der Waals surface area contributed by atoms with E-state index in [4.69, 9.17) is 11.6 Å². The molecule has 1 N–H and O–H groups in total. The van der Waals surface area contributed by atoms with Gasteiger partial charge in [-0.15, -0.1) is 0 Å². The number of nitrogens with zero attached hydrogens (tertiary/aromatic N) is 3. The highest BCUT2D eigenvalue weighted by Crippen LogP contribution is 2.23. The van der Waals surface area contributed by atoms with Crippen molar-refractivity contribution in [1.82, 2.24) is 20.1 Å². The third-order valence-electron chi connectivity index (χ3n) is 3.57. The lowest BCUT2D eigenvalue weighted by molar-refractivity contribution is 0.498. The van der Waals surface area contributed by atoms with Gasteiger partial charge in [0.1, 0.15) is 12.2 Å². The Kier molecular flexibility index (Phi) is 5.76. The quantitative estimate of drug-likeness (QED) is 0.851. The molecule has 0 spiro atoms. The van der Waals surface area contributed by atoms with Crippen LogP contribution in [-0.2, 0) is 13.0 Å². The van der Waals surface area contributed by atoms with Crippen LogP contribution in [-0.4, -0.2) is 21.3 Å². The SMILES string of the molecule is CCCn1ncnc1CC(NCC)c1ccc(C)c(Cl)c1. The molecule has 2 rings (SSSR count). The fraction of sp³-hybridized carbons (Fsp3) is 0.500. The summed E-state index contributed by atoms with van der Waals surface area (Å²) in [4.78, 5) is 4.40. The van der Waals surface area contributed by atoms with Crippen LogP contribution in [0.4, 0.5) is 0 Å². The Labute approximate surface area is 131 Å². The molecule has 0 saturated carbocycles. The number of likely N-dealkylation sites (N-methyl/N-ethyl adjacent to an activating group) is 1. The smallest absolute Gasteiger partial charge is 0.138 e. The normalized spacial score (nSPS) is 12.6. The Bertz CT molecular complexity index is 579. The van der Waals surface area contributed by atoms with E-state index in [0.717, 1.165) is 42.3 Å². The third-order valence-corrected chi connectivity index (χ3v) is 3.97. The van der Waals surface area contributed by atoms with Gasteiger partial charge in [0.25, 0.3) is 0 Å². The molecule has 21 heavy (non-hydrogen) atoms. The van der Waals surface area contributed by atoms with E-state index >= 15 is 0 Å². The Morgan fingerprint density at radius 1 is 1.33 bits per heavy atom. The predicted molar refractivity (Wildman–Crippen MR) is 86.6 cm³/mol. The second kappa shape index (κ2) is 7.57. The molecule has 4 nitrogen and oxygen atoms in total. The Balaban J connectivity index is 2.22. The molecule has 0 aliphatic rings. The van der Waals surface area contributed by atoms with Crippen molar-refractivity contribution in [2.75, 3.05) is 6.54 Å². The first-order valence-corrected chi connectivity index (χ1v) is 7.89. The van der Waals surface area contributed by atoms with E-state index in [-0.39, 0.29) is 6.04 Å². The summed E-state index contributed by atoms with van der Waals surface area (Å²) in [7, 11) is 0. The summed E-state index contributed by atoms with van der Waals surface area (Å²) in [5.41, 5.74) is 2.29. The summed E-state index contributed by atoms with van der Waals surface area (Å²) in [6, 6.07) is 6.45. The van der Waals surface area contributed by atoms with Crippen molar-refractivity contribution < 1.29 is 0 Å². The molecule has 0 fully saturated rings. The molecule has 1 atom stereocenters. The van der Waals surface area contributed by atoms with Gasteiger partial charge in [0.2, 0.25) is 0 Å². The van der Waals surface area contributed by atoms with Crippen LogP contribution < -0.4 is 5.32 Å². The molecule has 114 valence electrons. The fourth-order valence-electron chi connectivity index (χ4n) is 2.41. The first kappa shape index (κ1) is 16.0. The predicted octanol–water partition coefficient (Wildman–Crippen LogP) is 3.54. The lowest BCUT2D eigenvalue weighted by Crippen LogP contribution is -2.24. The number of rotatable bonds is 7. The molecular weight excluding hydrogens is 284 g/mol. The molecule has 1 heterocycles. The van der Waals surface area contributed by atoms with Gasteiger partial charge < -0.3 is 5.32 Å². The molecule has 2 aromatic rings. The standard InChI is InChI=1S/C16H23ClN4/c1-4-8-21-16(19-11-20-21)10-15(18-5-2)13-7-6-12(3)14(17)9-13/h6-7,9,11,15,18H,4-5,8,10H2,1-3H3. The first-order chi connectivity index (χ1) is 10.2. The Morgan fingerprint density at radius 3 is 2.81 bits per heavy atom. The third kappa shape index (κ3) is 4.05. The van der Waals surface area contributed by atoms with E-state index in [0.29, 0.717) is 0 Å². The molecule has 0 saturated heterocycles. The molecule has 0 bridgehead atoms. The molecule has 0 amide bonds. The number of aryl methyl sites for hydroxylation is 2. The van der Waals surface area contributed by atoms with Crippen molar-refractivity contribution in [1.29, 1.82) is 0 Å². The number of hydrogen-bond donors (Lipinski definition) is 1. The van der Waals surface area contributed by atoms with Gasteiger partial charge in [-0.1, -0.05) is 37.6 Å². The zero-order valence-corrected chi connectivity index (χ0v) is 13.7. The van der Waals surface area contributed by atoms with E-state index < -0.39 is 0 Å². The summed E-state index contributed by atoms with van der Waals surface area (Å²) >= 11 is 6.26. The van der Waals surface area contributed by atoms with Gasteiger partial charge in [0, 0.05) is 24.0 Å². The Morgan fingerprint density at radius 2 is 2.14 bits per heavy atom. The van der Waals surface area contributed by atoms with Gasteiger partial charge in [-0.2, -0.15) is 5.10 Å². The second-order valence-electron chi connectivity index (χ2n) is 5.22. The van der Waals surface area contributed by atoms with E-state index in [9.17, 15) is 0 Å². The van der Waals surface area contributed by atoms with Crippen molar-refractivity contribution in [3.63, 3.8) is 0 Å². The van der Waals surface area contributed by atoms with Gasteiger partial charge in [-0.25, -0.2) is 4.98 Å². The summed E-state index contributed by atoms with van der Waals surface area (Å²) in [5.74, 6) is 1.01. The molecule has 0 radical (unpaired) electrons. The van der Waals surface area contributed by atoms with Crippen molar-refractivity contribution in [3.05, 3.63) is 46.5 Å². The molecule has 0 aliphatic carbocycles. The fourth-order valence-corrected chi connectivity index (χ4v) is 2.60. The van der Waals surface area contributed by atoms with Crippen molar-refractivity contribution >= 4 is 11.6 Å². The van der Waals surface area contributed by atoms with Gasteiger partial charge in [-0.05, 0) is 37.1 Å². The van der Waals surface area contributed by atoms with Crippen molar-refractivity contribution in [2.45, 2.75) is 46.2 Å². The molecule has 1 aromatic carbocycles. The van der Waals surface area contributed by atoms with E-state index in [2.05, 4.69) is 41.4 Å². The summed E-state index contributed by atoms with van der Waals surface area (Å²) in [6.45, 7) is 8.08. The van der Waals surface area contributed by atoms with Crippen molar-refractivity contribution in [3.8, 4) is 0 Å². The summed E-state index contributed by atoms with van der Waals surface area (Å²) in [5, 5.41) is 8.62. The average molecular weight is 307 g/mol. The molecule has 5 heteroatoms. The van der Waals surface area contributed by atoms with E-state index in [1.807, 2.05) is 17.7 Å². The second-order valence-corrected chi connectivity index (χ2v) is 5.63. The number of nitrogens with one attached hydrogen (secondary N) is 1. The van der Waals surface area contributed by atoms with E-state index in [1.165, 1.54) is 5.56 Å². The van der Waals surface area contributed by atoms with Crippen LogP contribution in [0.5, 0.6) is 0 Å². The highest BCUT2D eigenvalue weighted by Gasteiger charge is 2.15. The maximum Gasteiger partial charge on any atom is 0.138 e. The maximum atomic E-state index is 6.26. The van der Waals surface area contributed by atoms with Gasteiger partial charge in [0.15, 0.2) is 0 Å². The van der Waals surface area contributed by atoms with Crippen LogP contribution >= 0.6 is 11.6 Å². The molecular formula is C16H23ClN4. The van der Waals surface area contributed by atoms with Crippen LogP contribution in [0.15, 0.2) is 24.5 Å². The number of halogens is 1. The van der Waals surface area contributed by atoms with Crippen LogP contribution in [0.25, 0.3) is 0 Å².